The fourth-order valence-corrected chi connectivity index (χ4v) is 3.06. The molecule has 1 aromatic carbocycles. The van der Waals surface area contributed by atoms with Crippen molar-refractivity contribution in [1.29, 1.82) is 0 Å². The van der Waals surface area contributed by atoms with E-state index in [0.717, 1.165) is 5.52 Å². The Kier molecular flexibility index (Phi) is 4.81. The highest BCUT2D eigenvalue weighted by molar-refractivity contribution is 5.99. The number of pyridine rings is 1. The number of imidazole rings is 1. The summed E-state index contributed by atoms with van der Waals surface area (Å²) >= 11 is 0. The standard InChI is InChI=1S/C19H17F2N9O/c1-24-18-15(8-5-25-6-11-14(8)26-7-30(11)2)28-16(17(23)31)19(29-18)27-10-4-3-9(22)12(20)13(10)21/h3-7H,22H2,1-2H3,(H2,23,31)(H2,24,27,29). The molecule has 12 heteroatoms. The molecule has 3 aromatic heterocycles. The van der Waals surface area contributed by atoms with E-state index in [-0.39, 0.29) is 34.4 Å². The highest BCUT2D eigenvalue weighted by Gasteiger charge is 2.22. The molecule has 158 valence electrons. The lowest BCUT2D eigenvalue weighted by atomic mass is 10.1. The molecule has 0 saturated heterocycles. The second-order valence-corrected chi connectivity index (χ2v) is 6.60. The first-order chi connectivity index (χ1) is 14.8. The Balaban J connectivity index is 1.90. The smallest absolute Gasteiger partial charge is 0.271 e. The zero-order valence-corrected chi connectivity index (χ0v) is 16.4. The number of primary amides is 1. The highest BCUT2D eigenvalue weighted by Crippen LogP contribution is 2.33. The molecule has 1 amide bonds. The van der Waals surface area contributed by atoms with E-state index in [9.17, 15) is 13.6 Å². The average molecular weight is 425 g/mol. The maximum absolute atomic E-state index is 14.3. The minimum atomic E-state index is -1.23. The number of nitrogens with one attached hydrogen (secondary N) is 2. The van der Waals surface area contributed by atoms with E-state index in [0.29, 0.717) is 11.1 Å². The third-order valence-corrected chi connectivity index (χ3v) is 4.62. The van der Waals surface area contributed by atoms with E-state index in [2.05, 4.69) is 30.6 Å². The highest BCUT2D eigenvalue weighted by atomic mass is 19.2. The van der Waals surface area contributed by atoms with Gasteiger partial charge in [-0.15, -0.1) is 0 Å². The number of hydrogen-bond acceptors (Lipinski definition) is 8. The number of rotatable bonds is 5. The van der Waals surface area contributed by atoms with Crippen molar-refractivity contribution < 1.29 is 13.6 Å². The fraction of sp³-hybridized carbons (Fsp3) is 0.105. The molecule has 4 aromatic rings. The summed E-state index contributed by atoms with van der Waals surface area (Å²) in [5.74, 6) is -3.29. The molecule has 0 bridgehead atoms. The number of nitrogen functional groups attached to an aromatic ring is 1. The largest absolute Gasteiger partial charge is 0.396 e. The first kappa shape index (κ1) is 19.9. The third kappa shape index (κ3) is 3.33. The molecular formula is C19H17F2N9O. The molecule has 3 heterocycles. The Morgan fingerprint density at radius 2 is 1.90 bits per heavy atom. The van der Waals surface area contributed by atoms with Crippen molar-refractivity contribution in [2.24, 2.45) is 12.8 Å². The molecule has 10 nitrogen and oxygen atoms in total. The predicted octanol–water partition coefficient (Wildman–Crippen LogP) is 2.17. The molecule has 0 radical (unpaired) electrons. The van der Waals surface area contributed by atoms with Crippen molar-refractivity contribution in [3.8, 4) is 11.3 Å². The maximum Gasteiger partial charge on any atom is 0.271 e. The number of carbonyl (C=O) groups excluding carboxylic acids is 1. The van der Waals surface area contributed by atoms with E-state index in [4.69, 9.17) is 11.5 Å². The number of nitrogens with two attached hydrogens (primary N) is 2. The number of hydrogen-bond donors (Lipinski definition) is 4. The number of aromatic nitrogens is 5. The van der Waals surface area contributed by atoms with Crippen LogP contribution in [0.25, 0.3) is 22.3 Å². The summed E-state index contributed by atoms with van der Waals surface area (Å²) in [5, 5.41) is 5.44. The number of fused-ring (bicyclic) bond motifs is 1. The second-order valence-electron chi connectivity index (χ2n) is 6.60. The Morgan fingerprint density at radius 1 is 1.13 bits per heavy atom. The van der Waals surface area contributed by atoms with Crippen LogP contribution in [0.1, 0.15) is 10.5 Å². The van der Waals surface area contributed by atoms with Crippen molar-refractivity contribution >= 4 is 40.0 Å². The molecule has 0 aliphatic heterocycles. The molecule has 0 saturated carbocycles. The van der Waals surface area contributed by atoms with Gasteiger partial charge in [-0.05, 0) is 12.1 Å². The van der Waals surface area contributed by atoms with Gasteiger partial charge in [-0.1, -0.05) is 0 Å². The van der Waals surface area contributed by atoms with Gasteiger partial charge in [0.25, 0.3) is 5.91 Å². The van der Waals surface area contributed by atoms with Gasteiger partial charge in [0.05, 0.1) is 35.0 Å². The molecule has 4 rings (SSSR count). The predicted molar refractivity (Wildman–Crippen MR) is 112 cm³/mol. The Hall–Kier alpha value is -4.35. The normalized spacial score (nSPS) is 11.0. The van der Waals surface area contributed by atoms with Crippen molar-refractivity contribution in [2.45, 2.75) is 0 Å². The zero-order valence-electron chi connectivity index (χ0n) is 16.4. The third-order valence-electron chi connectivity index (χ3n) is 4.62. The van der Waals surface area contributed by atoms with Crippen LogP contribution in [0.3, 0.4) is 0 Å². The van der Waals surface area contributed by atoms with Crippen LogP contribution in [0.5, 0.6) is 0 Å². The van der Waals surface area contributed by atoms with Gasteiger partial charge >= 0.3 is 0 Å². The lowest BCUT2D eigenvalue weighted by Gasteiger charge is -2.15. The molecule has 0 aliphatic carbocycles. The minimum Gasteiger partial charge on any atom is -0.396 e. The average Bonchev–Trinajstić information content (AvgIpc) is 3.14. The lowest BCUT2D eigenvalue weighted by Crippen LogP contribution is -2.18. The summed E-state index contributed by atoms with van der Waals surface area (Å²) in [7, 11) is 3.41. The van der Waals surface area contributed by atoms with Crippen LogP contribution in [-0.2, 0) is 7.05 Å². The Bertz CT molecular complexity index is 1340. The lowest BCUT2D eigenvalue weighted by molar-refractivity contribution is 0.0996. The summed E-state index contributed by atoms with van der Waals surface area (Å²) in [5.41, 5.74) is 12.0. The SMILES string of the molecule is CNc1nc(Nc2ccc(N)c(F)c2F)c(C(N)=O)nc1-c1cncc2c1ncn2C. The molecule has 0 fully saturated rings. The van der Waals surface area contributed by atoms with E-state index >= 15 is 0 Å². The summed E-state index contributed by atoms with van der Waals surface area (Å²) in [4.78, 5) is 29.3. The fourth-order valence-electron chi connectivity index (χ4n) is 3.06. The van der Waals surface area contributed by atoms with E-state index in [1.54, 1.807) is 24.1 Å². The van der Waals surface area contributed by atoms with Crippen LogP contribution < -0.4 is 22.1 Å². The second kappa shape index (κ2) is 7.48. The monoisotopic (exact) mass is 425 g/mol. The maximum atomic E-state index is 14.3. The first-order valence-corrected chi connectivity index (χ1v) is 8.97. The molecule has 0 spiro atoms. The first-order valence-electron chi connectivity index (χ1n) is 8.97. The van der Waals surface area contributed by atoms with Crippen LogP contribution in [0.4, 0.5) is 31.8 Å². The van der Waals surface area contributed by atoms with Crippen LogP contribution in [-0.4, -0.2) is 37.5 Å². The van der Waals surface area contributed by atoms with Crippen LogP contribution >= 0.6 is 0 Å². The van der Waals surface area contributed by atoms with Crippen LogP contribution in [0, 0.1) is 11.6 Å². The van der Waals surface area contributed by atoms with Gasteiger partial charge in [-0.3, -0.25) is 9.78 Å². The van der Waals surface area contributed by atoms with Gasteiger partial charge in [0.2, 0.25) is 0 Å². The number of amides is 1. The van der Waals surface area contributed by atoms with Gasteiger partial charge in [0.15, 0.2) is 29.0 Å². The van der Waals surface area contributed by atoms with Crippen LogP contribution in [0.2, 0.25) is 0 Å². The summed E-state index contributed by atoms with van der Waals surface area (Å²) in [6.07, 6.45) is 4.79. The number of carbonyl (C=O) groups is 1. The Labute approximate surface area is 174 Å². The molecule has 0 aliphatic rings. The topological polar surface area (TPSA) is 150 Å². The van der Waals surface area contributed by atoms with Gasteiger partial charge in [-0.25, -0.2) is 23.7 Å². The number of nitrogens with zero attached hydrogens (tertiary/aromatic N) is 5. The van der Waals surface area contributed by atoms with Gasteiger partial charge in [-0.2, -0.15) is 0 Å². The molecule has 6 N–H and O–H groups in total. The number of halogens is 2. The van der Waals surface area contributed by atoms with Gasteiger partial charge < -0.3 is 26.7 Å². The van der Waals surface area contributed by atoms with Gasteiger partial charge in [0, 0.05) is 20.3 Å². The van der Waals surface area contributed by atoms with E-state index in [1.807, 2.05) is 7.05 Å². The van der Waals surface area contributed by atoms with Crippen molar-refractivity contribution in [3.05, 3.63) is 48.2 Å². The number of aryl methyl sites for hydroxylation is 1. The van der Waals surface area contributed by atoms with Crippen molar-refractivity contribution in [2.75, 3.05) is 23.4 Å². The van der Waals surface area contributed by atoms with E-state index in [1.165, 1.54) is 18.3 Å². The molecular weight excluding hydrogens is 408 g/mol. The van der Waals surface area contributed by atoms with Crippen molar-refractivity contribution in [3.63, 3.8) is 0 Å². The molecule has 0 atom stereocenters. The summed E-state index contributed by atoms with van der Waals surface area (Å²) < 4.78 is 29.9. The molecule has 31 heavy (non-hydrogen) atoms. The minimum absolute atomic E-state index is 0.162. The number of anilines is 4. The summed E-state index contributed by atoms with van der Waals surface area (Å²) in [6.45, 7) is 0. The number of benzene rings is 1. The molecule has 0 unspecified atom stereocenters. The van der Waals surface area contributed by atoms with E-state index < -0.39 is 17.5 Å². The quantitative estimate of drug-likeness (QED) is 0.355. The Morgan fingerprint density at radius 3 is 2.61 bits per heavy atom. The zero-order chi connectivity index (χ0) is 22.3. The summed E-state index contributed by atoms with van der Waals surface area (Å²) in [6, 6.07) is 2.39. The van der Waals surface area contributed by atoms with Crippen LogP contribution in [0.15, 0.2) is 30.9 Å². The van der Waals surface area contributed by atoms with Crippen molar-refractivity contribution in [1.82, 2.24) is 24.5 Å². The van der Waals surface area contributed by atoms with Gasteiger partial charge in [0.1, 0.15) is 11.2 Å².